The molecular weight excluding hydrogens is 142 g/mol. The third kappa shape index (κ3) is 0.836. The molecule has 3 heteroatoms. The third-order valence-corrected chi connectivity index (χ3v) is 2.18. The first kappa shape index (κ1) is 6.70. The van der Waals surface area contributed by atoms with Crippen LogP contribution in [0.25, 0.3) is 0 Å². The minimum absolute atomic E-state index is 0.240. The summed E-state index contributed by atoms with van der Waals surface area (Å²) in [6, 6.07) is 0.256. The molecule has 2 aliphatic rings. The summed E-state index contributed by atoms with van der Waals surface area (Å²) in [5.74, 6) is 0. The van der Waals surface area contributed by atoms with Gasteiger partial charge >= 0.3 is 6.09 Å². The molecule has 0 aromatic rings. The smallest absolute Gasteiger partial charge is 0.415 e. The molecule has 0 saturated carbocycles. The van der Waals surface area contributed by atoms with Crippen LogP contribution in [0.4, 0.5) is 4.79 Å². The van der Waals surface area contributed by atoms with Gasteiger partial charge in [0.05, 0.1) is 6.04 Å². The summed E-state index contributed by atoms with van der Waals surface area (Å²) in [4.78, 5) is 12.7. The van der Waals surface area contributed by atoms with Crippen LogP contribution < -0.4 is 0 Å². The highest BCUT2D eigenvalue weighted by Crippen LogP contribution is 2.43. The van der Waals surface area contributed by atoms with Gasteiger partial charge in [-0.05, 0) is 13.8 Å². The molecule has 2 saturated heterocycles. The lowest BCUT2D eigenvalue weighted by atomic mass is 10.0. The number of fused-ring (bicyclic) bond motifs is 1. The van der Waals surface area contributed by atoms with E-state index in [1.165, 1.54) is 0 Å². The summed E-state index contributed by atoms with van der Waals surface area (Å²) in [5, 5.41) is 0. The van der Waals surface area contributed by atoms with Gasteiger partial charge in [-0.15, -0.1) is 0 Å². The van der Waals surface area contributed by atoms with Crippen LogP contribution in [0.5, 0.6) is 0 Å². The number of carbonyl (C=O) groups excluding carboxylic acids is 1. The number of rotatable bonds is 0. The van der Waals surface area contributed by atoms with E-state index in [1.54, 1.807) is 4.90 Å². The van der Waals surface area contributed by atoms with Gasteiger partial charge in [0.25, 0.3) is 0 Å². The second-order valence-corrected chi connectivity index (χ2v) is 3.71. The standard InChI is InChI=1S/C8H11NO2/c1-5-6-4-8(2,3)11-7(10)9(5)6/h6H,1,4H2,2-3H3. The normalized spacial score (nSPS) is 32.9. The molecule has 1 atom stereocenters. The number of carbonyl (C=O) groups is 1. The van der Waals surface area contributed by atoms with Crippen LogP contribution in [-0.4, -0.2) is 22.6 Å². The van der Waals surface area contributed by atoms with Crippen molar-refractivity contribution in [1.29, 1.82) is 0 Å². The van der Waals surface area contributed by atoms with E-state index in [1.807, 2.05) is 13.8 Å². The van der Waals surface area contributed by atoms with E-state index in [9.17, 15) is 4.79 Å². The first-order chi connectivity index (χ1) is 5.01. The molecule has 0 aliphatic carbocycles. The molecule has 0 aromatic carbocycles. The van der Waals surface area contributed by atoms with Crippen molar-refractivity contribution in [3.05, 3.63) is 12.3 Å². The zero-order chi connectivity index (χ0) is 8.22. The Hall–Kier alpha value is -0.990. The molecule has 2 heterocycles. The average Bonchev–Trinajstić information content (AvgIpc) is 2.38. The maximum absolute atomic E-state index is 11.1. The zero-order valence-electron chi connectivity index (χ0n) is 6.76. The lowest BCUT2D eigenvalue weighted by Gasteiger charge is -2.28. The summed E-state index contributed by atoms with van der Waals surface area (Å²) in [6.07, 6.45) is 0.633. The van der Waals surface area contributed by atoms with Crippen molar-refractivity contribution in [2.45, 2.75) is 31.9 Å². The molecule has 2 aliphatic heterocycles. The van der Waals surface area contributed by atoms with Crippen molar-refractivity contribution in [1.82, 2.24) is 4.90 Å². The fourth-order valence-corrected chi connectivity index (χ4v) is 1.53. The van der Waals surface area contributed by atoms with E-state index in [0.717, 1.165) is 12.1 Å². The Morgan fingerprint density at radius 3 is 2.91 bits per heavy atom. The van der Waals surface area contributed by atoms with Gasteiger partial charge in [-0.1, -0.05) is 6.58 Å². The van der Waals surface area contributed by atoms with Gasteiger partial charge in [0, 0.05) is 12.1 Å². The van der Waals surface area contributed by atoms with Crippen LogP contribution in [0, 0.1) is 0 Å². The lowest BCUT2D eigenvalue weighted by molar-refractivity contribution is 0.00125. The molecule has 2 fully saturated rings. The van der Waals surface area contributed by atoms with Gasteiger partial charge in [-0.3, -0.25) is 4.90 Å². The SMILES string of the molecule is C=C1C2CC(C)(C)OC(=O)N12. The topological polar surface area (TPSA) is 29.3 Å². The van der Waals surface area contributed by atoms with Gasteiger partial charge in [0.2, 0.25) is 0 Å². The van der Waals surface area contributed by atoms with Crippen molar-refractivity contribution in [3.8, 4) is 0 Å². The van der Waals surface area contributed by atoms with Crippen molar-refractivity contribution in [3.63, 3.8) is 0 Å². The largest absolute Gasteiger partial charge is 0.443 e. The number of hydrogen-bond acceptors (Lipinski definition) is 2. The lowest BCUT2D eigenvalue weighted by Crippen LogP contribution is -2.37. The molecule has 11 heavy (non-hydrogen) atoms. The Balaban J connectivity index is 2.21. The maximum Gasteiger partial charge on any atom is 0.415 e. The second kappa shape index (κ2) is 1.60. The van der Waals surface area contributed by atoms with E-state index < -0.39 is 0 Å². The molecular formula is C8H11NO2. The van der Waals surface area contributed by atoms with E-state index in [4.69, 9.17) is 4.74 Å². The number of amides is 1. The number of ether oxygens (including phenoxy) is 1. The molecule has 2 rings (SSSR count). The Morgan fingerprint density at radius 1 is 1.73 bits per heavy atom. The van der Waals surface area contributed by atoms with Gasteiger partial charge < -0.3 is 4.74 Å². The number of nitrogens with zero attached hydrogens (tertiary/aromatic N) is 1. The third-order valence-electron chi connectivity index (χ3n) is 2.18. The fourth-order valence-electron chi connectivity index (χ4n) is 1.53. The Morgan fingerprint density at radius 2 is 2.36 bits per heavy atom. The quantitative estimate of drug-likeness (QED) is 0.493. The first-order valence-electron chi connectivity index (χ1n) is 3.72. The monoisotopic (exact) mass is 153 g/mol. The molecule has 0 bridgehead atoms. The highest BCUT2D eigenvalue weighted by atomic mass is 16.6. The van der Waals surface area contributed by atoms with E-state index >= 15 is 0 Å². The Labute approximate surface area is 65.6 Å². The zero-order valence-corrected chi connectivity index (χ0v) is 6.76. The van der Waals surface area contributed by atoms with Crippen LogP contribution in [0.3, 0.4) is 0 Å². The maximum atomic E-state index is 11.1. The molecule has 0 spiro atoms. The minimum atomic E-state index is -0.308. The second-order valence-electron chi connectivity index (χ2n) is 3.71. The summed E-state index contributed by atoms with van der Waals surface area (Å²) < 4.78 is 5.12. The van der Waals surface area contributed by atoms with Gasteiger partial charge in [-0.2, -0.15) is 0 Å². The molecule has 1 amide bonds. The number of cyclic esters (lactones) is 1. The van der Waals surface area contributed by atoms with Gasteiger partial charge in [0.1, 0.15) is 5.60 Å². The van der Waals surface area contributed by atoms with Crippen molar-refractivity contribution < 1.29 is 9.53 Å². The van der Waals surface area contributed by atoms with Crippen molar-refractivity contribution >= 4 is 6.09 Å². The predicted molar refractivity (Wildman–Crippen MR) is 39.9 cm³/mol. The summed E-state index contributed by atoms with van der Waals surface area (Å²) in [5.41, 5.74) is 0.595. The van der Waals surface area contributed by atoms with Crippen LogP contribution in [0.15, 0.2) is 12.3 Å². The summed E-state index contributed by atoms with van der Waals surface area (Å²) in [6.45, 7) is 7.60. The minimum Gasteiger partial charge on any atom is -0.443 e. The van der Waals surface area contributed by atoms with Crippen LogP contribution >= 0.6 is 0 Å². The average molecular weight is 153 g/mol. The first-order valence-corrected chi connectivity index (χ1v) is 3.72. The molecule has 0 radical (unpaired) electrons. The van der Waals surface area contributed by atoms with E-state index in [2.05, 4.69) is 6.58 Å². The molecule has 3 nitrogen and oxygen atoms in total. The van der Waals surface area contributed by atoms with Crippen LogP contribution in [-0.2, 0) is 4.74 Å². The molecule has 0 aromatic heterocycles. The fraction of sp³-hybridized carbons (Fsp3) is 0.625. The Bertz CT molecular complexity index is 244. The molecule has 60 valence electrons. The van der Waals surface area contributed by atoms with E-state index in [0.29, 0.717) is 0 Å². The summed E-state index contributed by atoms with van der Waals surface area (Å²) in [7, 11) is 0. The summed E-state index contributed by atoms with van der Waals surface area (Å²) >= 11 is 0. The van der Waals surface area contributed by atoms with Crippen LogP contribution in [0.2, 0.25) is 0 Å². The highest BCUT2D eigenvalue weighted by molar-refractivity contribution is 5.77. The van der Waals surface area contributed by atoms with Crippen LogP contribution in [0.1, 0.15) is 20.3 Å². The molecule has 1 unspecified atom stereocenters. The van der Waals surface area contributed by atoms with Gasteiger partial charge in [-0.25, -0.2) is 4.79 Å². The molecule has 0 N–H and O–H groups in total. The van der Waals surface area contributed by atoms with Gasteiger partial charge in [0.15, 0.2) is 0 Å². The highest BCUT2D eigenvalue weighted by Gasteiger charge is 2.53. The van der Waals surface area contributed by atoms with Crippen molar-refractivity contribution in [2.24, 2.45) is 0 Å². The van der Waals surface area contributed by atoms with E-state index in [-0.39, 0.29) is 17.7 Å². The Kier molecular flexibility index (Phi) is 0.975. The number of hydrogen-bond donors (Lipinski definition) is 0. The van der Waals surface area contributed by atoms with Crippen molar-refractivity contribution in [2.75, 3.05) is 0 Å². The predicted octanol–water partition coefficient (Wildman–Crippen LogP) is 1.50.